The van der Waals surface area contributed by atoms with Gasteiger partial charge in [-0.25, -0.2) is 4.39 Å². The fourth-order valence-corrected chi connectivity index (χ4v) is 3.71. The smallest absolute Gasteiger partial charge is 0.150 e. The van der Waals surface area contributed by atoms with Crippen LogP contribution in [-0.4, -0.2) is 6.29 Å². The second kappa shape index (κ2) is 6.35. The van der Waals surface area contributed by atoms with Gasteiger partial charge in [0.2, 0.25) is 0 Å². The molecule has 0 saturated carbocycles. The maximum atomic E-state index is 14.2. The van der Waals surface area contributed by atoms with Gasteiger partial charge in [0.25, 0.3) is 0 Å². The molecule has 0 saturated heterocycles. The average Bonchev–Trinajstić information content (AvgIpc) is 2.54. The Morgan fingerprint density at radius 2 is 1.88 bits per heavy atom. The predicted octanol–water partition coefficient (Wildman–Crippen LogP) is 6.33. The number of halogens is 1. The highest BCUT2D eigenvalue weighted by Gasteiger charge is 2.26. The van der Waals surface area contributed by atoms with Gasteiger partial charge in [0, 0.05) is 10.9 Å². The number of aldehydes is 1. The maximum Gasteiger partial charge on any atom is 0.150 e. The molecule has 0 spiro atoms. The Morgan fingerprint density at radius 1 is 1.08 bits per heavy atom. The third-order valence-electron chi connectivity index (χ3n) is 5.07. The number of allylic oxidation sites excluding steroid dienone is 3. The summed E-state index contributed by atoms with van der Waals surface area (Å²) >= 11 is 0. The zero-order valence-electron chi connectivity index (χ0n) is 14.5. The van der Waals surface area contributed by atoms with E-state index in [1.165, 1.54) is 30.1 Å². The fourth-order valence-electron chi connectivity index (χ4n) is 3.71. The van der Waals surface area contributed by atoms with Crippen molar-refractivity contribution >= 4 is 23.1 Å². The average molecular weight is 322 g/mol. The van der Waals surface area contributed by atoms with E-state index in [-0.39, 0.29) is 11.2 Å². The van der Waals surface area contributed by atoms with E-state index in [1.807, 2.05) is 18.2 Å². The third-order valence-corrected chi connectivity index (χ3v) is 5.07. The molecule has 0 amide bonds. The first kappa shape index (κ1) is 16.6. The molecular weight excluding hydrogens is 299 g/mol. The van der Waals surface area contributed by atoms with Crippen LogP contribution in [0.15, 0.2) is 47.6 Å². The van der Waals surface area contributed by atoms with E-state index in [4.69, 9.17) is 0 Å². The molecule has 2 aromatic rings. The molecule has 0 atom stereocenters. The zero-order chi connectivity index (χ0) is 17.3. The Bertz CT molecular complexity index is 856. The highest BCUT2D eigenvalue weighted by Crippen LogP contribution is 2.41. The first-order chi connectivity index (χ1) is 11.4. The van der Waals surface area contributed by atoms with Crippen molar-refractivity contribution in [2.45, 2.75) is 40.0 Å². The number of rotatable bonds is 3. The number of hydrogen-bond acceptors (Lipinski definition) is 1. The van der Waals surface area contributed by atoms with Crippen LogP contribution in [0.5, 0.6) is 0 Å². The quantitative estimate of drug-likeness (QED) is 0.603. The SMILES string of the molecule is CC1=C(C=Cc2ccc3cc(C=O)cc(F)c3c2)C(C)(C)CCC1. The number of benzene rings is 2. The van der Waals surface area contributed by atoms with E-state index >= 15 is 0 Å². The zero-order valence-corrected chi connectivity index (χ0v) is 14.5. The first-order valence-electron chi connectivity index (χ1n) is 8.47. The van der Waals surface area contributed by atoms with Gasteiger partial charge in [0.15, 0.2) is 0 Å². The van der Waals surface area contributed by atoms with Crippen LogP contribution in [-0.2, 0) is 0 Å². The lowest BCUT2D eigenvalue weighted by Gasteiger charge is -2.32. The van der Waals surface area contributed by atoms with Crippen molar-refractivity contribution in [1.82, 2.24) is 0 Å². The second-order valence-electron chi connectivity index (χ2n) is 7.37. The number of fused-ring (bicyclic) bond motifs is 1. The summed E-state index contributed by atoms with van der Waals surface area (Å²) in [5.74, 6) is -0.349. The molecule has 2 aromatic carbocycles. The normalized spacial score (nSPS) is 17.7. The molecule has 0 N–H and O–H groups in total. The van der Waals surface area contributed by atoms with Crippen molar-refractivity contribution in [3.05, 3.63) is 64.5 Å². The lowest BCUT2D eigenvalue weighted by atomic mass is 9.72. The van der Waals surface area contributed by atoms with Gasteiger partial charge in [-0.1, -0.05) is 43.7 Å². The predicted molar refractivity (Wildman–Crippen MR) is 98.7 cm³/mol. The van der Waals surface area contributed by atoms with Gasteiger partial charge in [-0.05, 0) is 66.3 Å². The van der Waals surface area contributed by atoms with Crippen LogP contribution in [0.2, 0.25) is 0 Å². The number of hydrogen-bond donors (Lipinski definition) is 0. The van der Waals surface area contributed by atoms with Gasteiger partial charge in [0.05, 0.1) is 0 Å². The van der Waals surface area contributed by atoms with E-state index in [2.05, 4.69) is 32.9 Å². The molecule has 0 unspecified atom stereocenters. The third kappa shape index (κ3) is 3.19. The summed E-state index contributed by atoms with van der Waals surface area (Å²) in [4.78, 5) is 10.9. The minimum absolute atomic E-state index is 0.194. The van der Waals surface area contributed by atoms with Crippen molar-refractivity contribution in [3.63, 3.8) is 0 Å². The summed E-state index contributed by atoms with van der Waals surface area (Å²) in [7, 11) is 0. The molecule has 1 aliphatic carbocycles. The minimum atomic E-state index is -0.349. The Hall–Kier alpha value is -2.22. The van der Waals surface area contributed by atoms with E-state index < -0.39 is 0 Å². The molecule has 0 aromatic heterocycles. The summed E-state index contributed by atoms with van der Waals surface area (Å²) < 4.78 is 14.2. The fraction of sp³-hybridized carbons (Fsp3) is 0.318. The van der Waals surface area contributed by atoms with Gasteiger partial charge < -0.3 is 0 Å². The molecule has 0 aliphatic heterocycles. The second-order valence-corrected chi connectivity index (χ2v) is 7.37. The van der Waals surface area contributed by atoms with E-state index in [0.717, 1.165) is 17.4 Å². The van der Waals surface area contributed by atoms with Crippen LogP contribution in [0.3, 0.4) is 0 Å². The van der Waals surface area contributed by atoms with E-state index in [0.29, 0.717) is 17.2 Å². The van der Waals surface area contributed by atoms with Crippen LogP contribution >= 0.6 is 0 Å². The summed E-state index contributed by atoms with van der Waals surface area (Å²) in [6.45, 7) is 6.79. The molecule has 2 heteroatoms. The molecular formula is C22H23FO. The molecule has 0 heterocycles. The van der Waals surface area contributed by atoms with Gasteiger partial charge >= 0.3 is 0 Å². The van der Waals surface area contributed by atoms with Gasteiger partial charge in [-0.15, -0.1) is 0 Å². The summed E-state index contributed by atoms with van der Waals surface area (Å²) in [5.41, 5.74) is 4.38. The Morgan fingerprint density at radius 3 is 2.58 bits per heavy atom. The lowest BCUT2D eigenvalue weighted by molar-refractivity contribution is 0.112. The highest BCUT2D eigenvalue weighted by atomic mass is 19.1. The van der Waals surface area contributed by atoms with Crippen molar-refractivity contribution in [3.8, 4) is 0 Å². The maximum absolute atomic E-state index is 14.2. The Kier molecular flexibility index (Phi) is 4.40. The molecule has 0 bridgehead atoms. The molecule has 3 rings (SSSR count). The van der Waals surface area contributed by atoms with E-state index in [1.54, 1.807) is 6.07 Å². The summed E-state index contributed by atoms with van der Waals surface area (Å²) in [6.07, 6.45) is 8.54. The van der Waals surface area contributed by atoms with Crippen LogP contribution in [0.4, 0.5) is 4.39 Å². The lowest BCUT2D eigenvalue weighted by Crippen LogP contribution is -2.18. The summed E-state index contributed by atoms with van der Waals surface area (Å²) in [6, 6.07) is 8.70. The van der Waals surface area contributed by atoms with Gasteiger partial charge in [-0.3, -0.25) is 4.79 Å². The molecule has 1 aliphatic rings. The molecule has 24 heavy (non-hydrogen) atoms. The van der Waals surface area contributed by atoms with Crippen molar-refractivity contribution in [2.24, 2.45) is 5.41 Å². The van der Waals surface area contributed by atoms with Crippen LogP contribution < -0.4 is 0 Å². The highest BCUT2D eigenvalue weighted by molar-refractivity contribution is 5.90. The first-order valence-corrected chi connectivity index (χ1v) is 8.47. The van der Waals surface area contributed by atoms with E-state index in [9.17, 15) is 9.18 Å². The molecule has 1 nitrogen and oxygen atoms in total. The van der Waals surface area contributed by atoms with Crippen molar-refractivity contribution in [2.75, 3.05) is 0 Å². The standard InChI is InChI=1S/C22H23FO/c1-15-5-4-10-22(2,3)20(15)9-7-16-6-8-18-11-17(14-24)13-21(23)19(18)12-16/h6-9,11-14H,4-5,10H2,1-3H3. The number of carbonyl (C=O) groups is 1. The largest absolute Gasteiger partial charge is 0.298 e. The molecule has 0 fully saturated rings. The van der Waals surface area contributed by atoms with Gasteiger partial charge in [-0.2, -0.15) is 0 Å². The number of carbonyl (C=O) groups excluding carboxylic acids is 1. The Labute approximate surface area is 142 Å². The van der Waals surface area contributed by atoms with Crippen LogP contribution in [0.25, 0.3) is 16.8 Å². The van der Waals surface area contributed by atoms with Crippen molar-refractivity contribution < 1.29 is 9.18 Å². The molecule has 124 valence electrons. The van der Waals surface area contributed by atoms with Gasteiger partial charge in [0.1, 0.15) is 12.1 Å². The minimum Gasteiger partial charge on any atom is -0.298 e. The Balaban J connectivity index is 1.99. The molecule has 0 radical (unpaired) electrons. The van der Waals surface area contributed by atoms with Crippen LogP contribution in [0.1, 0.15) is 56.0 Å². The van der Waals surface area contributed by atoms with Crippen molar-refractivity contribution in [1.29, 1.82) is 0 Å². The topological polar surface area (TPSA) is 17.1 Å². The summed E-state index contributed by atoms with van der Waals surface area (Å²) in [5, 5.41) is 1.30. The van der Waals surface area contributed by atoms with Crippen LogP contribution in [0, 0.1) is 11.2 Å². The monoisotopic (exact) mass is 322 g/mol.